The third kappa shape index (κ3) is 5.30. The summed E-state index contributed by atoms with van der Waals surface area (Å²) in [6.45, 7) is 14.4. The highest BCUT2D eigenvalue weighted by molar-refractivity contribution is 5.50. The van der Waals surface area contributed by atoms with E-state index < -0.39 is 23.2 Å². The molecule has 1 aromatic carbocycles. The monoisotopic (exact) mass is 419 g/mol. The minimum Gasteiger partial charge on any atom is -0.507 e. The lowest BCUT2D eigenvalue weighted by Crippen LogP contribution is -2.44. The van der Waals surface area contributed by atoms with Crippen LogP contribution in [0.3, 0.4) is 0 Å². The van der Waals surface area contributed by atoms with Crippen molar-refractivity contribution in [1.82, 2.24) is 14.5 Å². The summed E-state index contributed by atoms with van der Waals surface area (Å²) in [5.74, 6) is 0.243. The molecule has 0 fully saturated rings. The van der Waals surface area contributed by atoms with Gasteiger partial charge >= 0.3 is 17.1 Å². The molecule has 3 N–H and O–H groups in total. The van der Waals surface area contributed by atoms with Crippen molar-refractivity contribution in [2.75, 3.05) is 6.61 Å². The first-order chi connectivity index (χ1) is 13.8. The van der Waals surface area contributed by atoms with E-state index in [1.165, 1.54) is 0 Å². The summed E-state index contributed by atoms with van der Waals surface area (Å²) < 4.78 is 6.93. The first-order valence-electron chi connectivity index (χ1n) is 10.2. The molecule has 8 nitrogen and oxygen atoms in total. The van der Waals surface area contributed by atoms with E-state index in [1.807, 2.05) is 60.6 Å². The highest BCUT2D eigenvalue weighted by Crippen LogP contribution is 2.41. The molecule has 2 rings (SSSR count). The van der Waals surface area contributed by atoms with Crippen LogP contribution in [-0.4, -0.2) is 26.2 Å². The Kier molecular flexibility index (Phi) is 6.81. The summed E-state index contributed by atoms with van der Waals surface area (Å²) >= 11 is 0. The number of hydrogen-bond donors (Lipinski definition) is 3. The molecule has 0 spiro atoms. The van der Waals surface area contributed by atoms with Crippen molar-refractivity contribution in [3.8, 4) is 5.75 Å². The number of nitrogens with one attached hydrogen (secondary N) is 2. The predicted molar refractivity (Wildman–Crippen MR) is 116 cm³/mol. The van der Waals surface area contributed by atoms with Gasteiger partial charge in [-0.3, -0.25) is 9.97 Å². The van der Waals surface area contributed by atoms with Gasteiger partial charge in [0.25, 0.3) is 0 Å². The second kappa shape index (κ2) is 8.63. The molecule has 0 saturated heterocycles. The van der Waals surface area contributed by atoms with Crippen LogP contribution in [0.4, 0.5) is 0 Å². The maximum Gasteiger partial charge on any atom is 0.333 e. The molecule has 0 aliphatic heterocycles. The molecule has 8 heteroatoms. The van der Waals surface area contributed by atoms with Crippen molar-refractivity contribution in [2.24, 2.45) is 0 Å². The summed E-state index contributed by atoms with van der Waals surface area (Å²) in [5, 5.41) is 11.0. The average molecular weight is 420 g/mol. The summed E-state index contributed by atoms with van der Waals surface area (Å²) in [5.41, 5.74) is -0.811. The lowest BCUT2D eigenvalue weighted by molar-refractivity contribution is 0.0387. The smallest absolute Gasteiger partial charge is 0.333 e. The van der Waals surface area contributed by atoms with Crippen LogP contribution in [0.1, 0.15) is 77.7 Å². The van der Waals surface area contributed by atoms with E-state index >= 15 is 0 Å². The Morgan fingerprint density at radius 2 is 1.43 bits per heavy atom. The molecule has 30 heavy (non-hydrogen) atoms. The molecule has 0 aliphatic rings. The maximum atomic E-state index is 12.2. The minimum atomic E-state index is -0.845. The lowest BCUT2D eigenvalue weighted by atomic mass is 9.78. The van der Waals surface area contributed by atoms with E-state index in [4.69, 9.17) is 4.74 Å². The Balaban J connectivity index is 2.69. The second-order valence-electron chi connectivity index (χ2n) is 9.62. The zero-order valence-corrected chi connectivity index (χ0v) is 18.9. The molecule has 1 unspecified atom stereocenters. The fourth-order valence-corrected chi connectivity index (χ4v) is 3.28. The Bertz CT molecular complexity index is 995. The summed E-state index contributed by atoms with van der Waals surface area (Å²) in [4.78, 5) is 39.9. The summed E-state index contributed by atoms with van der Waals surface area (Å²) in [7, 11) is 0. The molecule has 0 amide bonds. The number of benzene rings is 1. The van der Waals surface area contributed by atoms with Gasteiger partial charge in [-0.05, 0) is 46.1 Å². The van der Waals surface area contributed by atoms with Crippen LogP contribution >= 0.6 is 0 Å². The number of aromatic nitrogens is 3. The standard InChI is InChI=1S/C22H33N3O5/c1-8-9-30-16(12-25-19(28)23-18(27)24-20(25)29)13-10-14(21(2,3)4)17(26)15(11-13)22(5,6)7/h10-11,16,26H,8-9,12H2,1-7H3,(H2,23,24,27,28,29). The van der Waals surface area contributed by atoms with Crippen LogP contribution in [0.5, 0.6) is 5.75 Å². The van der Waals surface area contributed by atoms with E-state index in [-0.39, 0.29) is 23.1 Å². The minimum absolute atomic E-state index is 0.0666. The maximum absolute atomic E-state index is 12.2. The highest BCUT2D eigenvalue weighted by Gasteiger charge is 2.29. The number of rotatable bonds is 6. The van der Waals surface area contributed by atoms with Crippen molar-refractivity contribution >= 4 is 0 Å². The topological polar surface area (TPSA) is 117 Å². The van der Waals surface area contributed by atoms with Crippen LogP contribution < -0.4 is 17.1 Å². The van der Waals surface area contributed by atoms with E-state index in [2.05, 4.69) is 9.97 Å². The number of aromatic amines is 2. The van der Waals surface area contributed by atoms with Gasteiger partial charge in [0.15, 0.2) is 0 Å². The highest BCUT2D eigenvalue weighted by atomic mass is 16.5. The number of ether oxygens (including phenoxy) is 1. The van der Waals surface area contributed by atoms with Gasteiger partial charge < -0.3 is 9.84 Å². The molecule has 1 atom stereocenters. The Hall–Kier alpha value is -2.61. The lowest BCUT2D eigenvalue weighted by Gasteiger charge is -2.30. The van der Waals surface area contributed by atoms with Crippen LogP contribution in [0.15, 0.2) is 26.5 Å². The zero-order chi connectivity index (χ0) is 22.9. The normalized spacial score (nSPS) is 13.4. The molecular formula is C22H33N3O5. The summed E-state index contributed by atoms with van der Waals surface area (Å²) in [6.07, 6.45) is 0.140. The number of hydrogen-bond acceptors (Lipinski definition) is 5. The second-order valence-corrected chi connectivity index (χ2v) is 9.62. The van der Waals surface area contributed by atoms with Gasteiger partial charge in [0.1, 0.15) is 11.9 Å². The van der Waals surface area contributed by atoms with E-state index in [0.29, 0.717) is 6.61 Å². The number of phenolic OH excluding ortho intramolecular Hbond substituents is 1. The van der Waals surface area contributed by atoms with Crippen LogP contribution in [-0.2, 0) is 22.1 Å². The predicted octanol–water partition coefficient (Wildman–Crippen LogP) is 2.69. The van der Waals surface area contributed by atoms with Gasteiger partial charge in [-0.15, -0.1) is 0 Å². The van der Waals surface area contributed by atoms with Gasteiger partial charge in [0, 0.05) is 6.61 Å². The Morgan fingerprint density at radius 1 is 0.967 bits per heavy atom. The van der Waals surface area contributed by atoms with Gasteiger partial charge in [0.2, 0.25) is 0 Å². The van der Waals surface area contributed by atoms with Gasteiger partial charge in [-0.25, -0.2) is 19.0 Å². The fraction of sp³-hybridized carbons (Fsp3) is 0.591. The van der Waals surface area contributed by atoms with Crippen LogP contribution in [0.2, 0.25) is 0 Å². The van der Waals surface area contributed by atoms with Crippen molar-refractivity contribution in [3.63, 3.8) is 0 Å². The summed E-state index contributed by atoms with van der Waals surface area (Å²) in [6, 6.07) is 3.74. The first kappa shape index (κ1) is 23.7. The Labute approximate surface area is 175 Å². The molecule has 166 valence electrons. The van der Waals surface area contributed by atoms with Crippen LogP contribution in [0.25, 0.3) is 0 Å². The van der Waals surface area contributed by atoms with Crippen molar-refractivity contribution in [1.29, 1.82) is 0 Å². The third-order valence-electron chi connectivity index (χ3n) is 4.92. The SMILES string of the molecule is CCCOC(Cn1c(=O)[nH]c(=O)[nH]c1=O)c1cc(C(C)(C)C)c(O)c(C(C)(C)C)c1. The van der Waals surface area contributed by atoms with Gasteiger partial charge in [-0.2, -0.15) is 0 Å². The average Bonchev–Trinajstić information content (AvgIpc) is 2.59. The molecule has 0 aliphatic carbocycles. The van der Waals surface area contributed by atoms with E-state index in [1.54, 1.807) is 0 Å². The van der Waals surface area contributed by atoms with Gasteiger partial charge in [-0.1, -0.05) is 48.5 Å². The molecule has 2 aromatic rings. The molecule has 1 aromatic heterocycles. The van der Waals surface area contributed by atoms with Crippen molar-refractivity contribution < 1.29 is 9.84 Å². The first-order valence-corrected chi connectivity index (χ1v) is 10.2. The van der Waals surface area contributed by atoms with E-state index in [0.717, 1.165) is 27.7 Å². The molecular weight excluding hydrogens is 386 g/mol. The van der Waals surface area contributed by atoms with Crippen LogP contribution in [0, 0.1) is 0 Å². The molecule has 0 bridgehead atoms. The number of aromatic hydroxyl groups is 1. The fourth-order valence-electron chi connectivity index (χ4n) is 3.28. The quantitative estimate of drug-likeness (QED) is 0.665. The number of phenols is 1. The van der Waals surface area contributed by atoms with Crippen molar-refractivity contribution in [3.05, 3.63) is 60.3 Å². The van der Waals surface area contributed by atoms with E-state index in [9.17, 15) is 19.5 Å². The van der Waals surface area contributed by atoms with Crippen molar-refractivity contribution in [2.45, 2.75) is 78.4 Å². The number of H-pyrrole nitrogens is 2. The molecule has 0 saturated carbocycles. The van der Waals surface area contributed by atoms with Gasteiger partial charge in [0.05, 0.1) is 6.54 Å². The molecule has 0 radical (unpaired) electrons. The largest absolute Gasteiger partial charge is 0.507 e. The molecule has 1 heterocycles. The zero-order valence-electron chi connectivity index (χ0n) is 18.9. The Morgan fingerprint density at radius 3 is 1.83 bits per heavy atom. The third-order valence-corrected chi connectivity index (χ3v) is 4.92. The number of nitrogens with zero attached hydrogens (tertiary/aromatic N) is 1.